The molecular formula is C16H13BrF2N2O2. The molecule has 2 aromatic carbocycles. The summed E-state index contributed by atoms with van der Waals surface area (Å²) in [6.45, 7) is 0. The molecule has 0 atom stereocenters. The van der Waals surface area contributed by atoms with E-state index in [0.717, 1.165) is 16.6 Å². The van der Waals surface area contributed by atoms with Crippen molar-refractivity contribution in [3.8, 4) is 0 Å². The van der Waals surface area contributed by atoms with E-state index in [4.69, 9.17) is 0 Å². The van der Waals surface area contributed by atoms with Crippen LogP contribution in [0.2, 0.25) is 0 Å². The third-order valence-corrected chi connectivity index (χ3v) is 3.61. The number of hydrogen-bond acceptors (Lipinski definition) is 2. The van der Waals surface area contributed by atoms with E-state index in [0.29, 0.717) is 5.56 Å². The van der Waals surface area contributed by atoms with Crippen molar-refractivity contribution in [3.63, 3.8) is 0 Å². The molecule has 120 valence electrons. The summed E-state index contributed by atoms with van der Waals surface area (Å²) in [7, 11) is 0. The SMILES string of the molecule is O=C(CCc1c(F)cccc1F)NNC(=O)c1ccc(Br)cc1. The van der Waals surface area contributed by atoms with E-state index in [1.807, 2.05) is 0 Å². The largest absolute Gasteiger partial charge is 0.273 e. The van der Waals surface area contributed by atoms with Gasteiger partial charge in [0, 0.05) is 22.0 Å². The number of carbonyl (C=O) groups excluding carboxylic acids is 2. The van der Waals surface area contributed by atoms with Crippen LogP contribution in [-0.2, 0) is 11.2 Å². The molecule has 0 heterocycles. The fourth-order valence-corrected chi connectivity index (χ4v) is 2.14. The molecular weight excluding hydrogens is 370 g/mol. The highest BCUT2D eigenvalue weighted by molar-refractivity contribution is 9.10. The number of benzene rings is 2. The van der Waals surface area contributed by atoms with Crippen LogP contribution in [0.4, 0.5) is 8.78 Å². The van der Waals surface area contributed by atoms with Gasteiger partial charge >= 0.3 is 0 Å². The third kappa shape index (κ3) is 4.85. The van der Waals surface area contributed by atoms with Gasteiger partial charge in [0.1, 0.15) is 11.6 Å². The van der Waals surface area contributed by atoms with Crippen molar-refractivity contribution >= 4 is 27.7 Å². The first kappa shape index (κ1) is 17.1. The van der Waals surface area contributed by atoms with Crippen molar-refractivity contribution in [1.82, 2.24) is 10.9 Å². The van der Waals surface area contributed by atoms with Crippen LogP contribution in [0.1, 0.15) is 22.3 Å². The van der Waals surface area contributed by atoms with Crippen molar-refractivity contribution < 1.29 is 18.4 Å². The van der Waals surface area contributed by atoms with Crippen LogP contribution in [-0.4, -0.2) is 11.8 Å². The van der Waals surface area contributed by atoms with Gasteiger partial charge in [-0.2, -0.15) is 0 Å². The molecule has 2 amide bonds. The summed E-state index contributed by atoms with van der Waals surface area (Å²) in [6.07, 6.45) is -0.253. The molecule has 2 N–H and O–H groups in total. The van der Waals surface area contributed by atoms with E-state index in [9.17, 15) is 18.4 Å². The number of halogens is 3. The van der Waals surface area contributed by atoms with Crippen molar-refractivity contribution in [2.24, 2.45) is 0 Å². The van der Waals surface area contributed by atoms with Crippen LogP contribution in [0.25, 0.3) is 0 Å². The lowest BCUT2D eigenvalue weighted by molar-refractivity contribution is -0.121. The lowest BCUT2D eigenvalue weighted by atomic mass is 10.1. The Morgan fingerprint density at radius 3 is 2.17 bits per heavy atom. The van der Waals surface area contributed by atoms with Gasteiger partial charge < -0.3 is 0 Å². The minimum Gasteiger partial charge on any atom is -0.273 e. The molecule has 0 aliphatic carbocycles. The highest BCUT2D eigenvalue weighted by Gasteiger charge is 2.11. The van der Waals surface area contributed by atoms with Gasteiger partial charge in [-0.05, 0) is 42.8 Å². The fraction of sp³-hybridized carbons (Fsp3) is 0.125. The number of hydrogen-bond donors (Lipinski definition) is 2. The second-order valence-electron chi connectivity index (χ2n) is 4.71. The number of hydrazine groups is 1. The molecule has 0 aliphatic rings. The Hall–Kier alpha value is -2.28. The Kier molecular flexibility index (Phi) is 5.81. The zero-order valence-corrected chi connectivity index (χ0v) is 13.5. The van der Waals surface area contributed by atoms with E-state index < -0.39 is 23.4 Å². The van der Waals surface area contributed by atoms with E-state index in [2.05, 4.69) is 26.8 Å². The molecule has 0 saturated carbocycles. The van der Waals surface area contributed by atoms with Gasteiger partial charge in [-0.1, -0.05) is 22.0 Å². The molecule has 0 unspecified atom stereocenters. The Labute approximate surface area is 140 Å². The average Bonchev–Trinajstić information content (AvgIpc) is 2.53. The van der Waals surface area contributed by atoms with Gasteiger partial charge in [0.2, 0.25) is 5.91 Å². The van der Waals surface area contributed by atoms with E-state index in [1.165, 1.54) is 6.07 Å². The standard InChI is InChI=1S/C16H13BrF2N2O2/c17-11-6-4-10(5-7-11)16(23)21-20-15(22)9-8-12-13(18)2-1-3-14(12)19/h1-7H,8-9H2,(H,20,22)(H,21,23). The lowest BCUT2D eigenvalue weighted by Gasteiger charge is -2.08. The molecule has 0 radical (unpaired) electrons. The second kappa shape index (κ2) is 7.82. The second-order valence-corrected chi connectivity index (χ2v) is 5.63. The Balaban J connectivity index is 1.83. The first-order valence-electron chi connectivity index (χ1n) is 6.75. The topological polar surface area (TPSA) is 58.2 Å². The fourth-order valence-electron chi connectivity index (χ4n) is 1.87. The molecule has 0 fully saturated rings. The molecule has 2 aromatic rings. The van der Waals surface area contributed by atoms with Gasteiger partial charge in [0.25, 0.3) is 5.91 Å². The summed E-state index contributed by atoms with van der Waals surface area (Å²) in [4.78, 5) is 23.4. The van der Waals surface area contributed by atoms with Gasteiger partial charge in [-0.15, -0.1) is 0 Å². The van der Waals surface area contributed by atoms with E-state index in [-0.39, 0.29) is 18.4 Å². The van der Waals surface area contributed by atoms with E-state index >= 15 is 0 Å². The Morgan fingerprint density at radius 2 is 1.57 bits per heavy atom. The monoisotopic (exact) mass is 382 g/mol. The quantitative estimate of drug-likeness (QED) is 0.798. The maximum atomic E-state index is 13.4. The van der Waals surface area contributed by atoms with Crippen LogP contribution >= 0.6 is 15.9 Å². The van der Waals surface area contributed by atoms with Gasteiger partial charge in [-0.25, -0.2) is 8.78 Å². The molecule has 4 nitrogen and oxygen atoms in total. The van der Waals surface area contributed by atoms with Gasteiger partial charge in [-0.3, -0.25) is 20.4 Å². The molecule has 0 bridgehead atoms. The zero-order chi connectivity index (χ0) is 16.8. The predicted octanol–water partition coefficient (Wildman–Crippen LogP) is 3.12. The van der Waals surface area contributed by atoms with Gasteiger partial charge in [0.15, 0.2) is 0 Å². The van der Waals surface area contributed by atoms with Crippen molar-refractivity contribution in [2.45, 2.75) is 12.8 Å². The normalized spacial score (nSPS) is 10.2. The van der Waals surface area contributed by atoms with E-state index in [1.54, 1.807) is 24.3 Å². The van der Waals surface area contributed by atoms with Crippen molar-refractivity contribution in [2.75, 3.05) is 0 Å². The molecule has 0 aromatic heterocycles. The maximum Gasteiger partial charge on any atom is 0.269 e. The Bertz CT molecular complexity index is 700. The average molecular weight is 383 g/mol. The van der Waals surface area contributed by atoms with Crippen LogP contribution in [0.5, 0.6) is 0 Å². The van der Waals surface area contributed by atoms with Crippen LogP contribution in [0.15, 0.2) is 46.9 Å². The first-order chi connectivity index (χ1) is 11.0. The molecule has 23 heavy (non-hydrogen) atoms. The van der Waals surface area contributed by atoms with Crippen LogP contribution in [0.3, 0.4) is 0 Å². The van der Waals surface area contributed by atoms with Crippen molar-refractivity contribution in [1.29, 1.82) is 0 Å². The summed E-state index contributed by atoms with van der Waals surface area (Å²) in [5.74, 6) is -2.42. The molecule has 7 heteroatoms. The minimum atomic E-state index is -0.698. The molecule has 2 rings (SSSR count). The zero-order valence-electron chi connectivity index (χ0n) is 11.9. The Morgan fingerprint density at radius 1 is 0.957 bits per heavy atom. The summed E-state index contributed by atoms with van der Waals surface area (Å²) in [5.41, 5.74) is 4.67. The number of rotatable bonds is 4. The summed E-state index contributed by atoms with van der Waals surface area (Å²) >= 11 is 3.25. The highest BCUT2D eigenvalue weighted by atomic mass is 79.9. The molecule has 0 spiro atoms. The predicted molar refractivity (Wildman–Crippen MR) is 84.4 cm³/mol. The van der Waals surface area contributed by atoms with Crippen molar-refractivity contribution in [3.05, 3.63) is 69.7 Å². The molecule has 0 aliphatic heterocycles. The van der Waals surface area contributed by atoms with Crippen LogP contribution < -0.4 is 10.9 Å². The summed E-state index contributed by atoms with van der Waals surface area (Å²) in [6, 6.07) is 10.1. The number of carbonyl (C=O) groups is 2. The highest BCUT2D eigenvalue weighted by Crippen LogP contribution is 2.14. The van der Waals surface area contributed by atoms with Gasteiger partial charge in [0.05, 0.1) is 0 Å². The number of amides is 2. The smallest absolute Gasteiger partial charge is 0.269 e. The molecule has 0 saturated heterocycles. The summed E-state index contributed by atoms with van der Waals surface area (Å²) in [5, 5.41) is 0. The maximum absolute atomic E-state index is 13.4. The third-order valence-electron chi connectivity index (χ3n) is 3.09. The summed E-state index contributed by atoms with van der Waals surface area (Å²) < 4.78 is 27.7. The van der Waals surface area contributed by atoms with Crippen LogP contribution in [0, 0.1) is 11.6 Å². The number of nitrogens with one attached hydrogen (secondary N) is 2. The lowest BCUT2D eigenvalue weighted by Crippen LogP contribution is -2.41. The minimum absolute atomic E-state index is 0.0987. The first-order valence-corrected chi connectivity index (χ1v) is 7.54.